The third kappa shape index (κ3) is 8.14. The van der Waals surface area contributed by atoms with Crippen molar-refractivity contribution in [3.05, 3.63) is 94.5 Å². The molecule has 0 heterocycles. The van der Waals surface area contributed by atoms with Gasteiger partial charge < -0.3 is 20.3 Å². The molecule has 0 aromatic heterocycles. The second-order valence-corrected chi connectivity index (χ2v) is 13.4. The smallest absolute Gasteiger partial charge is 0.137 e. The molecule has 41 heavy (non-hydrogen) atoms. The molecule has 0 aliphatic rings. The first kappa shape index (κ1) is 32.7. The SMILES string of the molecule is CCCCOc1ccc(C(C)(C)C)cc1C(O)(c1cc(C(C)(C)C)ccc1OCCCC)[C@H](N)Cc1ccccc1. The minimum absolute atomic E-state index is 0.130. The zero-order valence-corrected chi connectivity index (χ0v) is 26.7. The molecule has 4 nitrogen and oxygen atoms in total. The van der Waals surface area contributed by atoms with Crippen molar-refractivity contribution in [2.24, 2.45) is 5.73 Å². The summed E-state index contributed by atoms with van der Waals surface area (Å²) in [6.07, 6.45) is 4.39. The van der Waals surface area contributed by atoms with E-state index in [0.29, 0.717) is 42.3 Å². The Hall–Kier alpha value is -2.82. The van der Waals surface area contributed by atoms with Crippen molar-refractivity contribution < 1.29 is 14.6 Å². The van der Waals surface area contributed by atoms with E-state index in [9.17, 15) is 5.11 Å². The Kier molecular flexibility index (Phi) is 11.1. The second-order valence-electron chi connectivity index (χ2n) is 13.4. The molecular weight excluding hydrogens is 506 g/mol. The molecule has 0 spiro atoms. The highest BCUT2D eigenvalue weighted by Crippen LogP contribution is 2.45. The maximum absolute atomic E-state index is 13.3. The summed E-state index contributed by atoms with van der Waals surface area (Å²) in [7, 11) is 0. The van der Waals surface area contributed by atoms with Crippen LogP contribution in [0.5, 0.6) is 11.5 Å². The van der Waals surface area contributed by atoms with Gasteiger partial charge in [-0.25, -0.2) is 0 Å². The molecule has 0 unspecified atom stereocenters. The Morgan fingerprint density at radius 2 is 1.12 bits per heavy atom. The van der Waals surface area contributed by atoms with E-state index in [4.69, 9.17) is 15.2 Å². The third-order valence-electron chi connectivity index (χ3n) is 7.86. The van der Waals surface area contributed by atoms with Crippen LogP contribution in [0.3, 0.4) is 0 Å². The van der Waals surface area contributed by atoms with Crippen LogP contribution in [-0.4, -0.2) is 24.4 Å². The fourth-order valence-electron chi connectivity index (χ4n) is 5.05. The summed E-state index contributed by atoms with van der Waals surface area (Å²) in [5.74, 6) is 1.33. The van der Waals surface area contributed by atoms with Gasteiger partial charge in [-0.2, -0.15) is 0 Å². The quantitative estimate of drug-likeness (QED) is 0.206. The minimum Gasteiger partial charge on any atom is -0.493 e. The highest BCUT2D eigenvalue weighted by Gasteiger charge is 2.44. The molecule has 0 amide bonds. The fourth-order valence-corrected chi connectivity index (χ4v) is 5.05. The summed E-state index contributed by atoms with van der Waals surface area (Å²) >= 11 is 0. The maximum Gasteiger partial charge on any atom is 0.137 e. The fraction of sp³-hybridized carbons (Fsp3) is 0.514. The van der Waals surface area contributed by atoms with Gasteiger partial charge in [-0.1, -0.05) is 111 Å². The van der Waals surface area contributed by atoms with Gasteiger partial charge in [0.05, 0.1) is 13.2 Å². The molecule has 0 aliphatic heterocycles. The number of hydrogen-bond acceptors (Lipinski definition) is 4. The van der Waals surface area contributed by atoms with E-state index in [2.05, 4.69) is 91.8 Å². The van der Waals surface area contributed by atoms with Crippen molar-refractivity contribution in [2.45, 2.75) is 110 Å². The molecule has 0 fully saturated rings. The molecule has 3 aromatic rings. The lowest BCUT2D eigenvalue weighted by Crippen LogP contribution is -2.48. The summed E-state index contributed by atoms with van der Waals surface area (Å²) < 4.78 is 12.8. The summed E-state index contributed by atoms with van der Waals surface area (Å²) in [6.45, 7) is 18.6. The maximum atomic E-state index is 13.3. The van der Waals surface area contributed by atoms with Crippen molar-refractivity contribution in [1.29, 1.82) is 0 Å². The number of benzene rings is 3. The molecule has 0 radical (unpaired) electrons. The van der Waals surface area contributed by atoms with Crippen molar-refractivity contribution >= 4 is 0 Å². The van der Waals surface area contributed by atoms with Gasteiger partial charge in [-0.15, -0.1) is 0 Å². The van der Waals surface area contributed by atoms with Gasteiger partial charge in [0.2, 0.25) is 0 Å². The average molecular weight is 560 g/mol. The molecule has 3 aromatic carbocycles. The lowest BCUT2D eigenvalue weighted by molar-refractivity contribution is 0.0450. The van der Waals surface area contributed by atoms with Crippen LogP contribution >= 0.6 is 0 Å². The molecule has 224 valence electrons. The Balaban J connectivity index is 2.35. The van der Waals surface area contributed by atoms with E-state index in [1.165, 1.54) is 0 Å². The zero-order chi connectivity index (χ0) is 30.3. The molecule has 3 N–H and O–H groups in total. The first-order valence-corrected chi connectivity index (χ1v) is 15.4. The molecule has 4 heteroatoms. The molecule has 0 aliphatic carbocycles. The average Bonchev–Trinajstić information content (AvgIpc) is 2.92. The van der Waals surface area contributed by atoms with E-state index < -0.39 is 11.6 Å². The van der Waals surface area contributed by atoms with Crippen molar-refractivity contribution in [1.82, 2.24) is 0 Å². The van der Waals surface area contributed by atoms with Gasteiger partial charge in [-0.05, 0) is 71.0 Å². The number of aliphatic hydroxyl groups is 1. The normalized spacial score (nSPS) is 13.2. The van der Waals surface area contributed by atoms with Gasteiger partial charge in [0, 0.05) is 17.2 Å². The predicted octanol–water partition coefficient (Wildman–Crippen LogP) is 8.45. The highest BCUT2D eigenvalue weighted by atomic mass is 16.5. The highest BCUT2D eigenvalue weighted by molar-refractivity contribution is 5.55. The lowest BCUT2D eigenvalue weighted by atomic mass is 9.73. The van der Waals surface area contributed by atoms with Crippen LogP contribution in [0.15, 0.2) is 66.7 Å². The molecule has 1 atom stereocenters. The van der Waals surface area contributed by atoms with Gasteiger partial charge in [0.15, 0.2) is 0 Å². The van der Waals surface area contributed by atoms with Crippen molar-refractivity contribution in [3.63, 3.8) is 0 Å². The Bertz CT molecular complexity index is 1170. The molecule has 0 saturated carbocycles. The number of ether oxygens (including phenoxy) is 2. The molecule has 3 rings (SSSR count). The van der Waals surface area contributed by atoms with E-state index in [1.807, 2.05) is 30.3 Å². The summed E-state index contributed by atoms with van der Waals surface area (Å²) in [5, 5.41) is 13.3. The number of hydrogen-bond donors (Lipinski definition) is 2. The topological polar surface area (TPSA) is 64.7 Å². The summed E-state index contributed by atoms with van der Waals surface area (Å²) in [6, 6.07) is 21.9. The summed E-state index contributed by atoms with van der Waals surface area (Å²) in [4.78, 5) is 0. The second kappa shape index (κ2) is 13.9. The Morgan fingerprint density at radius 3 is 1.51 bits per heavy atom. The van der Waals surface area contributed by atoms with Crippen LogP contribution in [-0.2, 0) is 22.9 Å². The Labute approximate surface area is 249 Å². The van der Waals surface area contributed by atoms with E-state index >= 15 is 0 Å². The largest absolute Gasteiger partial charge is 0.493 e. The van der Waals surface area contributed by atoms with Crippen molar-refractivity contribution in [3.8, 4) is 11.5 Å². The van der Waals surface area contributed by atoms with Crippen LogP contribution in [0.2, 0.25) is 0 Å². The van der Waals surface area contributed by atoms with Crippen LogP contribution in [0.4, 0.5) is 0 Å². The van der Waals surface area contributed by atoms with E-state index in [1.54, 1.807) is 0 Å². The molecular formula is C37H53NO3. The van der Waals surface area contributed by atoms with Gasteiger partial charge >= 0.3 is 0 Å². The standard InChI is InChI=1S/C37H53NO3/c1-9-11-22-40-32-20-18-28(35(3,4)5)25-30(32)37(39,34(38)24-27-16-14-13-15-17-27)31-26-29(36(6,7)8)19-21-33(31)41-23-12-10-2/h13-21,25-26,34,39H,9-12,22-24,38H2,1-8H3/t34-/m1/s1. The number of unbranched alkanes of at least 4 members (excludes halogenated alkanes) is 2. The zero-order valence-electron chi connectivity index (χ0n) is 26.7. The third-order valence-corrected chi connectivity index (χ3v) is 7.86. The van der Waals surface area contributed by atoms with Crippen LogP contribution in [0.25, 0.3) is 0 Å². The van der Waals surface area contributed by atoms with E-state index in [-0.39, 0.29) is 10.8 Å². The van der Waals surface area contributed by atoms with Crippen LogP contribution in [0, 0.1) is 0 Å². The van der Waals surface area contributed by atoms with Crippen LogP contribution in [0.1, 0.15) is 109 Å². The monoisotopic (exact) mass is 559 g/mol. The van der Waals surface area contributed by atoms with Gasteiger partial charge in [0.25, 0.3) is 0 Å². The van der Waals surface area contributed by atoms with Gasteiger partial charge in [-0.3, -0.25) is 0 Å². The Morgan fingerprint density at radius 1 is 0.683 bits per heavy atom. The number of nitrogens with two attached hydrogens (primary N) is 1. The predicted molar refractivity (Wildman–Crippen MR) is 172 cm³/mol. The van der Waals surface area contributed by atoms with Crippen molar-refractivity contribution in [2.75, 3.05) is 13.2 Å². The number of rotatable bonds is 13. The first-order chi connectivity index (χ1) is 19.3. The van der Waals surface area contributed by atoms with Gasteiger partial charge in [0.1, 0.15) is 17.1 Å². The van der Waals surface area contributed by atoms with Crippen LogP contribution < -0.4 is 15.2 Å². The molecule has 0 saturated heterocycles. The summed E-state index contributed by atoms with van der Waals surface area (Å²) in [5.41, 5.74) is 9.99. The minimum atomic E-state index is -1.58. The van der Waals surface area contributed by atoms with E-state index in [0.717, 1.165) is 42.4 Å². The first-order valence-electron chi connectivity index (χ1n) is 15.4. The lowest BCUT2D eigenvalue weighted by Gasteiger charge is -2.39. The molecule has 0 bridgehead atoms.